The second-order valence-corrected chi connectivity index (χ2v) is 2.94. The summed E-state index contributed by atoms with van der Waals surface area (Å²) in [6.07, 6.45) is 0. The van der Waals surface area contributed by atoms with Gasteiger partial charge in [0.2, 0.25) is 0 Å². The normalized spacial score (nSPS) is 9.83. The molecule has 3 nitrogen and oxygen atoms in total. The van der Waals surface area contributed by atoms with Gasteiger partial charge in [0.25, 0.3) is 0 Å². The summed E-state index contributed by atoms with van der Waals surface area (Å²) in [5.41, 5.74) is -0.473. The molecule has 0 amide bonds. The third-order valence-electron chi connectivity index (χ3n) is 1.27. The van der Waals surface area contributed by atoms with E-state index in [1.165, 1.54) is 0 Å². The van der Waals surface area contributed by atoms with Gasteiger partial charge in [-0.05, 0) is 22.0 Å². The van der Waals surface area contributed by atoms with Crippen LogP contribution >= 0.6 is 15.9 Å². The Morgan fingerprint density at radius 3 is 2.58 bits per heavy atom. The molecule has 1 aromatic carbocycles. The molecule has 0 aromatic heterocycles. The number of aromatic carboxylic acids is 1. The Kier molecular flexibility index (Phi) is 2.32. The van der Waals surface area contributed by atoms with Crippen molar-refractivity contribution in [1.82, 2.24) is 0 Å². The van der Waals surface area contributed by atoms with Gasteiger partial charge >= 0.3 is 5.97 Å². The number of aromatic hydroxyl groups is 1. The van der Waals surface area contributed by atoms with Crippen LogP contribution in [0.15, 0.2) is 16.6 Å². The Labute approximate surface area is 75.6 Å². The lowest BCUT2D eigenvalue weighted by atomic mass is 10.2. The summed E-state index contributed by atoms with van der Waals surface area (Å²) in [6.45, 7) is 0. The van der Waals surface area contributed by atoms with Crippen LogP contribution in [-0.2, 0) is 0 Å². The van der Waals surface area contributed by atoms with Gasteiger partial charge in [-0.15, -0.1) is 0 Å². The van der Waals surface area contributed by atoms with Crippen molar-refractivity contribution >= 4 is 21.9 Å². The van der Waals surface area contributed by atoms with Gasteiger partial charge in [-0.2, -0.15) is 0 Å². The van der Waals surface area contributed by atoms with E-state index < -0.39 is 17.3 Å². The van der Waals surface area contributed by atoms with Gasteiger partial charge in [0.05, 0.1) is 10.0 Å². The molecule has 0 bridgehead atoms. The Morgan fingerprint density at radius 2 is 2.08 bits per heavy atom. The molecule has 12 heavy (non-hydrogen) atoms. The average molecular weight is 235 g/mol. The molecule has 0 spiro atoms. The zero-order valence-electron chi connectivity index (χ0n) is 5.71. The first-order valence-electron chi connectivity index (χ1n) is 2.93. The maximum Gasteiger partial charge on any atom is 0.338 e. The third kappa shape index (κ3) is 1.55. The minimum atomic E-state index is -1.37. The van der Waals surface area contributed by atoms with Crippen molar-refractivity contribution in [2.45, 2.75) is 0 Å². The molecule has 64 valence electrons. The monoisotopic (exact) mass is 234 g/mol. The molecular weight excluding hydrogens is 231 g/mol. The summed E-state index contributed by atoms with van der Waals surface area (Å²) in [5, 5.41) is 17.4. The van der Waals surface area contributed by atoms with E-state index in [0.29, 0.717) is 0 Å². The first-order valence-corrected chi connectivity index (χ1v) is 3.73. The molecule has 0 saturated heterocycles. The van der Waals surface area contributed by atoms with Crippen molar-refractivity contribution in [2.24, 2.45) is 0 Å². The van der Waals surface area contributed by atoms with Crippen LogP contribution in [0.4, 0.5) is 4.39 Å². The summed E-state index contributed by atoms with van der Waals surface area (Å²) in [4.78, 5) is 10.3. The third-order valence-corrected chi connectivity index (χ3v) is 1.90. The number of halogens is 2. The lowest BCUT2D eigenvalue weighted by Gasteiger charge is -2.00. The minimum Gasteiger partial charge on any atom is -0.507 e. The molecule has 1 aromatic rings. The summed E-state index contributed by atoms with van der Waals surface area (Å²) in [5.74, 6) is -2.64. The highest BCUT2D eigenvalue weighted by atomic mass is 79.9. The van der Waals surface area contributed by atoms with Crippen molar-refractivity contribution in [3.8, 4) is 5.75 Å². The standard InChI is InChI=1S/C7H4BrFO3/c8-4-1-3(7(11)12)5(9)2-6(4)10/h1-2,10H,(H,11,12). The lowest BCUT2D eigenvalue weighted by molar-refractivity contribution is 0.0692. The average Bonchev–Trinajstić information content (AvgIpc) is 1.96. The first kappa shape index (κ1) is 8.99. The molecule has 1 rings (SSSR count). The van der Waals surface area contributed by atoms with Crippen LogP contribution in [0.2, 0.25) is 0 Å². The zero-order chi connectivity index (χ0) is 9.30. The van der Waals surface area contributed by atoms with Gasteiger partial charge in [-0.25, -0.2) is 9.18 Å². The zero-order valence-corrected chi connectivity index (χ0v) is 7.30. The predicted molar refractivity (Wildman–Crippen MR) is 42.7 cm³/mol. The summed E-state index contributed by atoms with van der Waals surface area (Å²) in [6, 6.07) is 1.75. The Balaban J connectivity index is 3.33. The number of hydrogen-bond acceptors (Lipinski definition) is 2. The first-order chi connectivity index (χ1) is 5.52. The van der Waals surface area contributed by atoms with E-state index in [9.17, 15) is 9.18 Å². The number of rotatable bonds is 1. The fourth-order valence-electron chi connectivity index (χ4n) is 0.700. The number of benzene rings is 1. The van der Waals surface area contributed by atoms with Gasteiger partial charge in [0, 0.05) is 6.07 Å². The fraction of sp³-hybridized carbons (Fsp3) is 0. The molecule has 0 aliphatic rings. The topological polar surface area (TPSA) is 57.5 Å². The molecule has 5 heteroatoms. The van der Waals surface area contributed by atoms with E-state index in [4.69, 9.17) is 10.2 Å². The van der Waals surface area contributed by atoms with Crippen molar-refractivity contribution < 1.29 is 19.4 Å². The van der Waals surface area contributed by atoms with E-state index >= 15 is 0 Å². The van der Waals surface area contributed by atoms with Crippen molar-refractivity contribution in [1.29, 1.82) is 0 Å². The van der Waals surface area contributed by atoms with Crippen LogP contribution in [-0.4, -0.2) is 16.2 Å². The highest BCUT2D eigenvalue weighted by molar-refractivity contribution is 9.10. The quantitative estimate of drug-likeness (QED) is 0.782. The smallest absolute Gasteiger partial charge is 0.338 e. The van der Waals surface area contributed by atoms with Gasteiger partial charge in [0.1, 0.15) is 11.6 Å². The van der Waals surface area contributed by atoms with Crippen LogP contribution in [0.25, 0.3) is 0 Å². The molecule has 0 aliphatic carbocycles. The highest BCUT2D eigenvalue weighted by Crippen LogP contribution is 2.26. The lowest BCUT2D eigenvalue weighted by Crippen LogP contribution is -1.99. The number of phenols is 1. The van der Waals surface area contributed by atoms with E-state index in [-0.39, 0.29) is 10.2 Å². The Hall–Kier alpha value is -1.10. The van der Waals surface area contributed by atoms with Crippen LogP contribution < -0.4 is 0 Å². The summed E-state index contributed by atoms with van der Waals surface area (Å²) < 4.78 is 12.9. The van der Waals surface area contributed by atoms with Crippen LogP contribution in [0.5, 0.6) is 5.75 Å². The van der Waals surface area contributed by atoms with E-state index in [2.05, 4.69) is 15.9 Å². The number of carboxylic acids is 1. The van der Waals surface area contributed by atoms with Gasteiger partial charge in [0.15, 0.2) is 0 Å². The van der Waals surface area contributed by atoms with Crippen LogP contribution in [0, 0.1) is 5.82 Å². The number of carboxylic acid groups (broad SMARTS) is 1. The molecule has 0 unspecified atom stereocenters. The maximum absolute atomic E-state index is 12.7. The van der Waals surface area contributed by atoms with E-state index in [1.54, 1.807) is 0 Å². The Morgan fingerprint density at radius 1 is 1.50 bits per heavy atom. The van der Waals surface area contributed by atoms with Crippen LogP contribution in [0.3, 0.4) is 0 Å². The predicted octanol–water partition coefficient (Wildman–Crippen LogP) is 1.99. The van der Waals surface area contributed by atoms with Crippen molar-refractivity contribution in [3.05, 3.63) is 28.0 Å². The molecule has 0 aliphatic heterocycles. The second-order valence-electron chi connectivity index (χ2n) is 2.09. The van der Waals surface area contributed by atoms with Crippen molar-refractivity contribution in [2.75, 3.05) is 0 Å². The molecule has 0 radical (unpaired) electrons. The number of carbonyl (C=O) groups is 1. The SMILES string of the molecule is O=C(O)c1cc(Br)c(O)cc1F. The molecule has 0 saturated carbocycles. The Bertz CT molecular complexity index is 338. The summed E-state index contributed by atoms with van der Waals surface area (Å²) >= 11 is 2.87. The van der Waals surface area contributed by atoms with Crippen molar-refractivity contribution in [3.63, 3.8) is 0 Å². The number of hydrogen-bond donors (Lipinski definition) is 2. The minimum absolute atomic E-state index is 0.154. The molecular formula is C7H4BrFO3. The molecule has 0 fully saturated rings. The molecule has 0 atom stereocenters. The molecule has 0 heterocycles. The number of phenolic OH excluding ortho intramolecular Hbond substituents is 1. The molecule has 2 N–H and O–H groups in total. The second kappa shape index (κ2) is 3.10. The summed E-state index contributed by atoms with van der Waals surface area (Å²) in [7, 11) is 0. The highest BCUT2D eigenvalue weighted by Gasteiger charge is 2.12. The maximum atomic E-state index is 12.7. The fourth-order valence-corrected chi connectivity index (χ4v) is 1.04. The van der Waals surface area contributed by atoms with Gasteiger partial charge in [-0.3, -0.25) is 0 Å². The largest absolute Gasteiger partial charge is 0.507 e. The van der Waals surface area contributed by atoms with Gasteiger partial charge < -0.3 is 10.2 Å². The van der Waals surface area contributed by atoms with E-state index in [1.807, 2.05) is 0 Å². The van der Waals surface area contributed by atoms with Gasteiger partial charge in [-0.1, -0.05) is 0 Å². The van der Waals surface area contributed by atoms with E-state index in [0.717, 1.165) is 12.1 Å². The van der Waals surface area contributed by atoms with Crippen LogP contribution in [0.1, 0.15) is 10.4 Å².